The Kier molecular flexibility index (Phi) is 4.05. The van der Waals surface area contributed by atoms with E-state index in [0.717, 1.165) is 6.42 Å². The monoisotopic (exact) mass is 226 g/mol. The molecule has 1 nitrogen and oxygen atoms in total. The molecule has 0 saturated carbocycles. The first-order valence-corrected chi connectivity index (χ1v) is 6.20. The van der Waals surface area contributed by atoms with Gasteiger partial charge in [0, 0.05) is 11.7 Å². The third-order valence-corrected chi connectivity index (χ3v) is 3.95. The van der Waals surface area contributed by atoms with E-state index in [0.29, 0.717) is 12.3 Å². The van der Waals surface area contributed by atoms with Crippen molar-refractivity contribution in [2.24, 2.45) is 11.3 Å². The largest absolute Gasteiger partial charge is 0.300 e. The molecule has 86 valence electrons. The molecule has 2 atom stereocenters. The molecule has 0 aromatic heterocycles. The van der Waals surface area contributed by atoms with E-state index < -0.39 is 0 Å². The highest BCUT2D eigenvalue weighted by Gasteiger charge is 2.37. The standard InChI is InChI=1S/C13H22OS/c1-9-6-5-7-13(3,4)12(9)11(15)8-10(2)14/h6,11-12,15H,5,7-8H2,1-4H3. The lowest BCUT2D eigenvalue weighted by molar-refractivity contribution is -0.117. The van der Waals surface area contributed by atoms with E-state index in [1.54, 1.807) is 6.92 Å². The fourth-order valence-electron chi connectivity index (χ4n) is 2.81. The van der Waals surface area contributed by atoms with Crippen LogP contribution in [0.2, 0.25) is 0 Å². The van der Waals surface area contributed by atoms with Crippen LogP contribution in [0.5, 0.6) is 0 Å². The second kappa shape index (κ2) is 4.73. The minimum absolute atomic E-state index is 0.175. The van der Waals surface area contributed by atoms with Crippen LogP contribution in [0.3, 0.4) is 0 Å². The molecule has 2 heteroatoms. The van der Waals surface area contributed by atoms with Crippen molar-refractivity contribution < 1.29 is 4.79 Å². The van der Waals surface area contributed by atoms with E-state index in [-0.39, 0.29) is 16.4 Å². The van der Waals surface area contributed by atoms with Gasteiger partial charge >= 0.3 is 0 Å². The van der Waals surface area contributed by atoms with Gasteiger partial charge in [-0.15, -0.1) is 0 Å². The molecule has 0 fully saturated rings. The first kappa shape index (κ1) is 12.8. The van der Waals surface area contributed by atoms with E-state index in [9.17, 15) is 4.79 Å². The highest BCUT2D eigenvalue weighted by Crippen LogP contribution is 2.44. The quantitative estimate of drug-likeness (QED) is 0.574. The van der Waals surface area contributed by atoms with Crippen LogP contribution in [-0.2, 0) is 4.79 Å². The van der Waals surface area contributed by atoms with Crippen molar-refractivity contribution in [3.8, 4) is 0 Å². The third-order valence-electron chi connectivity index (χ3n) is 3.47. The maximum absolute atomic E-state index is 11.1. The molecular weight excluding hydrogens is 204 g/mol. The van der Waals surface area contributed by atoms with Crippen LogP contribution in [0.25, 0.3) is 0 Å². The molecule has 0 amide bonds. The van der Waals surface area contributed by atoms with Crippen LogP contribution < -0.4 is 0 Å². The number of carbonyl (C=O) groups is 1. The minimum Gasteiger partial charge on any atom is -0.300 e. The van der Waals surface area contributed by atoms with Gasteiger partial charge in [0.15, 0.2) is 0 Å². The Morgan fingerprint density at radius 2 is 2.27 bits per heavy atom. The number of ketones is 1. The smallest absolute Gasteiger partial charge is 0.130 e. The summed E-state index contributed by atoms with van der Waals surface area (Å²) in [4.78, 5) is 11.1. The van der Waals surface area contributed by atoms with Gasteiger partial charge < -0.3 is 0 Å². The molecule has 0 saturated heterocycles. The zero-order valence-corrected chi connectivity index (χ0v) is 11.1. The van der Waals surface area contributed by atoms with Crippen molar-refractivity contribution in [1.29, 1.82) is 0 Å². The molecule has 0 spiro atoms. The van der Waals surface area contributed by atoms with Gasteiger partial charge in [0.25, 0.3) is 0 Å². The average Bonchev–Trinajstić information content (AvgIpc) is 1.99. The molecule has 0 N–H and O–H groups in total. The predicted molar refractivity (Wildman–Crippen MR) is 68.3 cm³/mol. The number of hydrogen-bond acceptors (Lipinski definition) is 2. The average molecular weight is 226 g/mol. The normalized spacial score (nSPS) is 27.0. The van der Waals surface area contributed by atoms with E-state index in [1.807, 2.05) is 0 Å². The summed E-state index contributed by atoms with van der Waals surface area (Å²) in [7, 11) is 0. The summed E-state index contributed by atoms with van der Waals surface area (Å²) >= 11 is 4.62. The maximum Gasteiger partial charge on any atom is 0.130 e. The zero-order valence-electron chi connectivity index (χ0n) is 10.2. The van der Waals surface area contributed by atoms with Crippen molar-refractivity contribution in [3.63, 3.8) is 0 Å². The van der Waals surface area contributed by atoms with Gasteiger partial charge in [0.2, 0.25) is 0 Å². The van der Waals surface area contributed by atoms with Gasteiger partial charge in [-0.25, -0.2) is 0 Å². The zero-order chi connectivity index (χ0) is 11.6. The van der Waals surface area contributed by atoms with Crippen LogP contribution in [0.15, 0.2) is 11.6 Å². The number of allylic oxidation sites excluding steroid dienone is 2. The van der Waals surface area contributed by atoms with Gasteiger partial charge in [-0.3, -0.25) is 4.79 Å². The molecule has 0 aromatic rings. The van der Waals surface area contributed by atoms with E-state index in [4.69, 9.17) is 0 Å². The topological polar surface area (TPSA) is 17.1 Å². The molecule has 2 unspecified atom stereocenters. The molecule has 0 heterocycles. The molecule has 1 aliphatic carbocycles. The highest BCUT2D eigenvalue weighted by atomic mass is 32.1. The fourth-order valence-corrected chi connectivity index (χ4v) is 3.70. The minimum atomic E-state index is 0.175. The Morgan fingerprint density at radius 1 is 1.67 bits per heavy atom. The number of carbonyl (C=O) groups excluding carboxylic acids is 1. The summed E-state index contributed by atoms with van der Waals surface area (Å²) in [6.07, 6.45) is 5.25. The lowest BCUT2D eigenvalue weighted by atomic mass is 9.66. The Bertz CT molecular complexity index is 278. The maximum atomic E-state index is 11.1. The number of hydrogen-bond donors (Lipinski definition) is 1. The number of Topliss-reactive ketones (excluding diaryl/α,β-unsaturated/α-hetero) is 1. The second-order valence-corrected chi connectivity index (χ2v) is 6.09. The summed E-state index contributed by atoms with van der Waals surface area (Å²) in [6, 6.07) is 0. The lowest BCUT2D eigenvalue weighted by Crippen LogP contribution is -2.35. The van der Waals surface area contributed by atoms with Crippen LogP contribution in [0.4, 0.5) is 0 Å². The molecule has 1 aliphatic rings. The van der Waals surface area contributed by atoms with Crippen molar-refractivity contribution in [2.45, 2.75) is 52.2 Å². The molecule has 15 heavy (non-hydrogen) atoms. The van der Waals surface area contributed by atoms with E-state index >= 15 is 0 Å². The summed E-state index contributed by atoms with van der Waals surface area (Å²) in [6.45, 7) is 8.40. The summed E-state index contributed by atoms with van der Waals surface area (Å²) in [5, 5.41) is 0.175. The van der Waals surface area contributed by atoms with Crippen molar-refractivity contribution in [1.82, 2.24) is 0 Å². The van der Waals surface area contributed by atoms with E-state index in [1.165, 1.54) is 12.0 Å². The summed E-state index contributed by atoms with van der Waals surface area (Å²) in [5.41, 5.74) is 1.69. The Morgan fingerprint density at radius 3 is 2.73 bits per heavy atom. The lowest BCUT2D eigenvalue weighted by Gasteiger charge is -2.41. The van der Waals surface area contributed by atoms with E-state index in [2.05, 4.69) is 39.5 Å². The molecule has 0 bridgehead atoms. The van der Waals surface area contributed by atoms with Gasteiger partial charge in [0.1, 0.15) is 5.78 Å². The van der Waals surface area contributed by atoms with Crippen molar-refractivity contribution in [3.05, 3.63) is 11.6 Å². The van der Waals surface area contributed by atoms with Crippen LogP contribution in [0.1, 0.15) is 47.0 Å². The number of thiol groups is 1. The molecule has 0 aliphatic heterocycles. The first-order chi connectivity index (χ1) is 6.84. The summed E-state index contributed by atoms with van der Waals surface area (Å²) in [5.74, 6) is 0.683. The van der Waals surface area contributed by atoms with Crippen LogP contribution >= 0.6 is 12.6 Å². The Labute approximate surface area is 98.7 Å². The Balaban J connectivity index is 2.83. The molecule has 1 rings (SSSR count). The van der Waals surface area contributed by atoms with Gasteiger partial charge in [-0.05, 0) is 38.0 Å². The Hall–Kier alpha value is -0.240. The van der Waals surface area contributed by atoms with Crippen LogP contribution in [-0.4, -0.2) is 11.0 Å². The van der Waals surface area contributed by atoms with Gasteiger partial charge in [-0.2, -0.15) is 12.6 Å². The highest BCUT2D eigenvalue weighted by molar-refractivity contribution is 7.81. The number of rotatable bonds is 3. The molecular formula is C13H22OS. The summed E-state index contributed by atoms with van der Waals surface area (Å²) < 4.78 is 0. The molecule has 0 aromatic carbocycles. The molecule has 0 radical (unpaired) electrons. The predicted octanol–water partition coefficient (Wildman–Crippen LogP) is 3.65. The SMILES string of the molecule is CC(=O)CC(S)C1C(C)=CCCC1(C)C. The van der Waals surface area contributed by atoms with Crippen LogP contribution in [0, 0.1) is 11.3 Å². The fraction of sp³-hybridized carbons (Fsp3) is 0.769. The van der Waals surface area contributed by atoms with Gasteiger partial charge in [-0.1, -0.05) is 25.5 Å². The van der Waals surface area contributed by atoms with Gasteiger partial charge in [0.05, 0.1) is 0 Å². The first-order valence-electron chi connectivity index (χ1n) is 5.69. The van der Waals surface area contributed by atoms with Crippen molar-refractivity contribution in [2.75, 3.05) is 0 Å². The third kappa shape index (κ3) is 3.10. The van der Waals surface area contributed by atoms with Crippen molar-refractivity contribution >= 4 is 18.4 Å². The second-order valence-electron chi connectivity index (χ2n) is 5.43.